The smallest absolute Gasteiger partial charge is 0.0192 e. The van der Waals surface area contributed by atoms with Gasteiger partial charge in [0.2, 0.25) is 0 Å². The molecule has 1 aliphatic rings. The van der Waals surface area contributed by atoms with Gasteiger partial charge in [0.25, 0.3) is 0 Å². The van der Waals surface area contributed by atoms with Gasteiger partial charge in [0.05, 0.1) is 0 Å². The molecule has 2 unspecified atom stereocenters. The Morgan fingerprint density at radius 3 is 2.73 bits per heavy atom. The predicted molar refractivity (Wildman–Crippen MR) is 67.2 cm³/mol. The Hall–Kier alpha value is -0.0800. The molecule has 2 heteroatoms. The monoisotopic (exact) mass is 212 g/mol. The fourth-order valence-electron chi connectivity index (χ4n) is 2.66. The molecule has 0 radical (unpaired) electrons. The standard InChI is InChI=1S/C13H28N2/c1-4-7-12-8-9-15(10-12)11-13(5-2)14-6-3/h12-14H,4-11H2,1-3H3. The average Bonchev–Trinajstić information content (AvgIpc) is 2.66. The Morgan fingerprint density at radius 2 is 2.13 bits per heavy atom. The molecule has 15 heavy (non-hydrogen) atoms. The van der Waals surface area contributed by atoms with Crippen LogP contribution < -0.4 is 5.32 Å². The van der Waals surface area contributed by atoms with Crippen molar-refractivity contribution in [2.75, 3.05) is 26.2 Å². The van der Waals surface area contributed by atoms with E-state index < -0.39 is 0 Å². The number of likely N-dealkylation sites (N-methyl/N-ethyl adjacent to an activating group) is 1. The predicted octanol–water partition coefficient (Wildman–Crippen LogP) is 2.50. The summed E-state index contributed by atoms with van der Waals surface area (Å²) in [6, 6.07) is 0.704. The minimum absolute atomic E-state index is 0.704. The van der Waals surface area contributed by atoms with E-state index in [1.165, 1.54) is 45.3 Å². The van der Waals surface area contributed by atoms with Gasteiger partial charge in [-0.2, -0.15) is 0 Å². The van der Waals surface area contributed by atoms with Crippen LogP contribution in [0.4, 0.5) is 0 Å². The van der Waals surface area contributed by atoms with Crippen LogP contribution in [-0.4, -0.2) is 37.1 Å². The molecule has 1 fully saturated rings. The summed E-state index contributed by atoms with van der Waals surface area (Å²) in [6.07, 6.45) is 5.45. The molecule has 1 heterocycles. The summed E-state index contributed by atoms with van der Waals surface area (Å²) in [5.74, 6) is 0.981. The van der Waals surface area contributed by atoms with Crippen molar-refractivity contribution >= 4 is 0 Å². The van der Waals surface area contributed by atoms with Gasteiger partial charge in [-0.15, -0.1) is 0 Å². The quantitative estimate of drug-likeness (QED) is 0.697. The Kier molecular flexibility index (Phi) is 6.26. The Balaban J connectivity index is 2.21. The third kappa shape index (κ3) is 4.52. The molecule has 2 atom stereocenters. The van der Waals surface area contributed by atoms with Crippen LogP contribution in [-0.2, 0) is 0 Å². The molecule has 0 spiro atoms. The fourth-order valence-corrected chi connectivity index (χ4v) is 2.66. The maximum Gasteiger partial charge on any atom is 0.0192 e. The second-order valence-electron chi connectivity index (χ2n) is 4.87. The zero-order valence-corrected chi connectivity index (χ0v) is 10.8. The van der Waals surface area contributed by atoms with Crippen LogP contribution in [0.5, 0.6) is 0 Å². The Bertz CT molecular complexity index is 159. The molecule has 90 valence electrons. The molecule has 1 rings (SSSR count). The Labute approximate surface area is 95.4 Å². The van der Waals surface area contributed by atoms with E-state index >= 15 is 0 Å². The van der Waals surface area contributed by atoms with Gasteiger partial charge in [0, 0.05) is 19.1 Å². The largest absolute Gasteiger partial charge is 0.313 e. The third-order valence-electron chi connectivity index (χ3n) is 3.53. The van der Waals surface area contributed by atoms with Gasteiger partial charge in [0.15, 0.2) is 0 Å². The first-order valence-corrected chi connectivity index (χ1v) is 6.75. The molecule has 0 aromatic carbocycles. The van der Waals surface area contributed by atoms with E-state index in [1.54, 1.807) is 0 Å². The fraction of sp³-hybridized carbons (Fsp3) is 1.00. The third-order valence-corrected chi connectivity index (χ3v) is 3.53. The minimum Gasteiger partial charge on any atom is -0.313 e. The molecule has 0 aromatic heterocycles. The van der Waals surface area contributed by atoms with E-state index in [4.69, 9.17) is 0 Å². The van der Waals surface area contributed by atoms with Crippen molar-refractivity contribution < 1.29 is 0 Å². The van der Waals surface area contributed by atoms with Gasteiger partial charge in [0.1, 0.15) is 0 Å². The second kappa shape index (κ2) is 7.24. The summed E-state index contributed by atoms with van der Waals surface area (Å²) in [5.41, 5.74) is 0. The number of rotatable bonds is 7. The molecular weight excluding hydrogens is 184 g/mol. The summed E-state index contributed by atoms with van der Waals surface area (Å²) in [5, 5.41) is 3.56. The van der Waals surface area contributed by atoms with E-state index in [2.05, 4.69) is 31.0 Å². The number of hydrogen-bond donors (Lipinski definition) is 1. The zero-order valence-electron chi connectivity index (χ0n) is 10.8. The highest BCUT2D eigenvalue weighted by molar-refractivity contribution is 4.79. The SMILES string of the molecule is CCCC1CCN(CC(CC)NCC)C1. The van der Waals surface area contributed by atoms with Gasteiger partial charge in [-0.05, 0) is 38.3 Å². The van der Waals surface area contributed by atoms with Gasteiger partial charge < -0.3 is 10.2 Å². The van der Waals surface area contributed by atoms with Crippen LogP contribution in [0, 0.1) is 5.92 Å². The summed E-state index contributed by atoms with van der Waals surface area (Å²) in [6.45, 7) is 11.8. The molecule has 0 amide bonds. The van der Waals surface area contributed by atoms with Crippen molar-refractivity contribution in [3.63, 3.8) is 0 Å². The number of hydrogen-bond acceptors (Lipinski definition) is 2. The normalized spacial score (nSPS) is 24.6. The van der Waals surface area contributed by atoms with Crippen molar-refractivity contribution in [3.05, 3.63) is 0 Å². The topological polar surface area (TPSA) is 15.3 Å². The van der Waals surface area contributed by atoms with Crippen LogP contribution in [0.15, 0.2) is 0 Å². The van der Waals surface area contributed by atoms with E-state index in [9.17, 15) is 0 Å². The van der Waals surface area contributed by atoms with Crippen molar-refractivity contribution in [1.29, 1.82) is 0 Å². The first-order chi connectivity index (χ1) is 7.30. The van der Waals surface area contributed by atoms with Crippen LogP contribution in [0.25, 0.3) is 0 Å². The lowest BCUT2D eigenvalue weighted by atomic mass is 10.0. The highest BCUT2D eigenvalue weighted by Gasteiger charge is 2.22. The summed E-state index contributed by atoms with van der Waals surface area (Å²) in [7, 11) is 0. The molecular formula is C13H28N2. The lowest BCUT2D eigenvalue weighted by Crippen LogP contribution is -2.39. The number of likely N-dealkylation sites (tertiary alicyclic amines) is 1. The van der Waals surface area contributed by atoms with Crippen LogP contribution in [0.3, 0.4) is 0 Å². The zero-order chi connectivity index (χ0) is 11.1. The molecule has 1 saturated heterocycles. The summed E-state index contributed by atoms with van der Waals surface area (Å²) >= 11 is 0. The van der Waals surface area contributed by atoms with Gasteiger partial charge in [-0.25, -0.2) is 0 Å². The molecule has 0 bridgehead atoms. The van der Waals surface area contributed by atoms with Gasteiger partial charge in [-0.3, -0.25) is 0 Å². The molecule has 1 aliphatic heterocycles. The Morgan fingerprint density at radius 1 is 1.33 bits per heavy atom. The van der Waals surface area contributed by atoms with E-state index in [1.807, 2.05) is 0 Å². The molecule has 0 aliphatic carbocycles. The van der Waals surface area contributed by atoms with Crippen molar-refractivity contribution in [2.24, 2.45) is 5.92 Å². The molecule has 1 N–H and O–H groups in total. The highest BCUT2D eigenvalue weighted by Crippen LogP contribution is 2.20. The van der Waals surface area contributed by atoms with E-state index in [0.717, 1.165) is 12.5 Å². The van der Waals surface area contributed by atoms with Crippen molar-refractivity contribution in [2.45, 2.75) is 52.5 Å². The highest BCUT2D eigenvalue weighted by atomic mass is 15.2. The molecule has 0 saturated carbocycles. The lowest BCUT2D eigenvalue weighted by molar-refractivity contribution is 0.276. The van der Waals surface area contributed by atoms with Crippen LogP contribution in [0.1, 0.15) is 46.5 Å². The van der Waals surface area contributed by atoms with E-state index in [0.29, 0.717) is 6.04 Å². The maximum atomic E-state index is 3.56. The first-order valence-electron chi connectivity index (χ1n) is 6.75. The molecule has 2 nitrogen and oxygen atoms in total. The average molecular weight is 212 g/mol. The van der Waals surface area contributed by atoms with Crippen LogP contribution in [0.2, 0.25) is 0 Å². The second-order valence-corrected chi connectivity index (χ2v) is 4.87. The van der Waals surface area contributed by atoms with Crippen molar-refractivity contribution in [3.8, 4) is 0 Å². The van der Waals surface area contributed by atoms with E-state index in [-0.39, 0.29) is 0 Å². The molecule has 0 aromatic rings. The van der Waals surface area contributed by atoms with Gasteiger partial charge in [-0.1, -0.05) is 27.2 Å². The first kappa shape index (κ1) is 13.0. The van der Waals surface area contributed by atoms with Crippen molar-refractivity contribution in [1.82, 2.24) is 10.2 Å². The summed E-state index contributed by atoms with van der Waals surface area (Å²) in [4.78, 5) is 2.65. The lowest BCUT2D eigenvalue weighted by Gasteiger charge is -2.23. The number of nitrogens with zero attached hydrogens (tertiary/aromatic N) is 1. The minimum atomic E-state index is 0.704. The van der Waals surface area contributed by atoms with Crippen LogP contribution >= 0.6 is 0 Å². The summed E-state index contributed by atoms with van der Waals surface area (Å²) < 4.78 is 0. The maximum absolute atomic E-state index is 3.56. The van der Waals surface area contributed by atoms with Gasteiger partial charge >= 0.3 is 0 Å². The number of nitrogens with one attached hydrogen (secondary N) is 1.